The Kier molecular flexibility index (Phi) is 5.77. The fourth-order valence-corrected chi connectivity index (χ4v) is 2.03. The van der Waals surface area contributed by atoms with Gasteiger partial charge >= 0.3 is 0 Å². The van der Waals surface area contributed by atoms with Crippen LogP contribution in [-0.4, -0.2) is 36.4 Å². The number of rotatable bonds is 5. The number of carbonyl (C=O) groups excluding carboxylic acids is 1. The summed E-state index contributed by atoms with van der Waals surface area (Å²) >= 11 is 0. The van der Waals surface area contributed by atoms with Crippen LogP contribution in [0.5, 0.6) is 0 Å². The van der Waals surface area contributed by atoms with Gasteiger partial charge in [0.1, 0.15) is 0 Å². The first-order valence-electron chi connectivity index (χ1n) is 6.20. The second kappa shape index (κ2) is 6.86. The van der Waals surface area contributed by atoms with Crippen LogP contribution in [0.1, 0.15) is 39.5 Å². The van der Waals surface area contributed by atoms with Crippen LogP contribution in [0.2, 0.25) is 0 Å². The van der Waals surface area contributed by atoms with Crippen molar-refractivity contribution in [3.8, 4) is 0 Å². The third kappa shape index (κ3) is 4.49. The molecule has 3 atom stereocenters. The number of hydrogen-bond acceptors (Lipinski definition) is 3. The fourth-order valence-electron chi connectivity index (χ4n) is 2.03. The van der Waals surface area contributed by atoms with Gasteiger partial charge in [0, 0.05) is 19.1 Å². The molecule has 1 rings (SSSR count). The first-order chi connectivity index (χ1) is 7.63. The minimum Gasteiger partial charge on any atom is -0.392 e. The fraction of sp³-hybridized carbons (Fsp3) is 0.917. The Morgan fingerprint density at radius 3 is 3.00 bits per heavy atom. The topological polar surface area (TPSA) is 58.6 Å². The largest absolute Gasteiger partial charge is 0.392 e. The third-order valence-corrected chi connectivity index (χ3v) is 2.92. The maximum Gasteiger partial charge on any atom is 0.223 e. The zero-order valence-corrected chi connectivity index (χ0v) is 10.2. The molecule has 1 amide bonds. The van der Waals surface area contributed by atoms with Crippen LogP contribution in [0.15, 0.2) is 0 Å². The lowest BCUT2D eigenvalue weighted by Gasteiger charge is -2.28. The molecule has 1 aliphatic heterocycles. The van der Waals surface area contributed by atoms with E-state index < -0.39 is 6.10 Å². The molecule has 16 heavy (non-hydrogen) atoms. The molecule has 0 saturated carbocycles. The van der Waals surface area contributed by atoms with E-state index in [0.717, 1.165) is 25.7 Å². The summed E-state index contributed by atoms with van der Waals surface area (Å²) in [5.41, 5.74) is 0. The van der Waals surface area contributed by atoms with E-state index in [9.17, 15) is 4.79 Å². The summed E-state index contributed by atoms with van der Waals surface area (Å²) in [6.07, 6.45) is 3.49. The summed E-state index contributed by atoms with van der Waals surface area (Å²) < 4.78 is 5.59. The standard InChI is InChI=1S/C12H23NO3/c1-3-4-11-7-10(5-6-16-11)12(15)13-8-9(2)14/h9-11,14H,3-8H2,1-2H3,(H,13,15). The summed E-state index contributed by atoms with van der Waals surface area (Å²) in [6, 6.07) is 0. The van der Waals surface area contributed by atoms with Gasteiger partial charge in [-0.25, -0.2) is 0 Å². The second-order valence-corrected chi connectivity index (χ2v) is 4.60. The van der Waals surface area contributed by atoms with Crippen molar-refractivity contribution in [1.29, 1.82) is 0 Å². The molecule has 1 heterocycles. The number of ether oxygens (including phenoxy) is 1. The highest BCUT2D eigenvalue weighted by Gasteiger charge is 2.27. The van der Waals surface area contributed by atoms with Crippen molar-refractivity contribution in [2.45, 2.75) is 51.7 Å². The molecular formula is C12H23NO3. The smallest absolute Gasteiger partial charge is 0.223 e. The predicted octanol–water partition coefficient (Wildman–Crippen LogP) is 1.08. The van der Waals surface area contributed by atoms with E-state index in [4.69, 9.17) is 9.84 Å². The summed E-state index contributed by atoms with van der Waals surface area (Å²) in [7, 11) is 0. The van der Waals surface area contributed by atoms with Gasteiger partial charge in [-0.15, -0.1) is 0 Å². The highest BCUT2D eigenvalue weighted by Crippen LogP contribution is 2.23. The quantitative estimate of drug-likeness (QED) is 0.741. The van der Waals surface area contributed by atoms with Crippen molar-refractivity contribution in [1.82, 2.24) is 5.32 Å². The number of hydrogen-bond donors (Lipinski definition) is 2. The first-order valence-corrected chi connectivity index (χ1v) is 6.20. The van der Waals surface area contributed by atoms with Crippen molar-refractivity contribution in [3.05, 3.63) is 0 Å². The molecule has 4 nitrogen and oxygen atoms in total. The molecule has 0 aliphatic carbocycles. The van der Waals surface area contributed by atoms with Crippen molar-refractivity contribution in [2.24, 2.45) is 5.92 Å². The van der Waals surface area contributed by atoms with E-state index in [1.54, 1.807) is 6.92 Å². The molecule has 3 unspecified atom stereocenters. The molecule has 0 bridgehead atoms. The molecule has 0 radical (unpaired) electrons. The first kappa shape index (κ1) is 13.5. The number of nitrogens with one attached hydrogen (secondary N) is 1. The second-order valence-electron chi connectivity index (χ2n) is 4.60. The maximum absolute atomic E-state index is 11.8. The highest BCUT2D eigenvalue weighted by atomic mass is 16.5. The van der Waals surface area contributed by atoms with E-state index in [1.165, 1.54) is 0 Å². The Morgan fingerprint density at radius 1 is 1.62 bits per heavy atom. The number of aliphatic hydroxyl groups excluding tert-OH is 1. The summed E-state index contributed by atoms with van der Waals surface area (Å²) in [5, 5.41) is 11.9. The number of aliphatic hydroxyl groups is 1. The van der Waals surface area contributed by atoms with Gasteiger partial charge in [-0.3, -0.25) is 4.79 Å². The number of carbonyl (C=O) groups is 1. The summed E-state index contributed by atoms with van der Waals surface area (Å²) in [5.74, 6) is 0.120. The Balaban J connectivity index is 2.32. The lowest BCUT2D eigenvalue weighted by Crippen LogP contribution is -2.39. The molecule has 0 aromatic heterocycles. The van der Waals surface area contributed by atoms with E-state index in [-0.39, 0.29) is 17.9 Å². The average Bonchev–Trinajstić information content (AvgIpc) is 2.26. The monoisotopic (exact) mass is 229 g/mol. The number of amides is 1. The Hall–Kier alpha value is -0.610. The van der Waals surface area contributed by atoms with E-state index in [1.807, 2.05) is 0 Å². The van der Waals surface area contributed by atoms with Crippen LogP contribution in [0.3, 0.4) is 0 Å². The molecule has 1 aliphatic rings. The van der Waals surface area contributed by atoms with Crippen molar-refractivity contribution < 1.29 is 14.6 Å². The summed E-state index contributed by atoms with van der Waals surface area (Å²) in [4.78, 5) is 11.8. The van der Waals surface area contributed by atoms with Gasteiger partial charge in [-0.05, 0) is 26.2 Å². The van der Waals surface area contributed by atoms with Gasteiger partial charge in [-0.2, -0.15) is 0 Å². The van der Waals surface area contributed by atoms with Gasteiger partial charge in [0.2, 0.25) is 5.91 Å². The van der Waals surface area contributed by atoms with E-state index in [2.05, 4.69) is 12.2 Å². The minimum absolute atomic E-state index is 0.0593. The Bertz CT molecular complexity index is 216. The van der Waals surface area contributed by atoms with E-state index in [0.29, 0.717) is 13.2 Å². The molecule has 0 aromatic rings. The molecule has 4 heteroatoms. The SMILES string of the molecule is CCCC1CC(C(=O)NCC(C)O)CCO1. The van der Waals surface area contributed by atoms with Gasteiger partial charge in [0.25, 0.3) is 0 Å². The van der Waals surface area contributed by atoms with Gasteiger partial charge in [0.15, 0.2) is 0 Å². The van der Waals surface area contributed by atoms with Crippen LogP contribution < -0.4 is 5.32 Å². The predicted molar refractivity (Wildman–Crippen MR) is 62.1 cm³/mol. The van der Waals surface area contributed by atoms with Gasteiger partial charge in [-0.1, -0.05) is 13.3 Å². The zero-order valence-electron chi connectivity index (χ0n) is 10.2. The molecule has 0 spiro atoms. The highest BCUT2D eigenvalue weighted by molar-refractivity contribution is 5.78. The third-order valence-electron chi connectivity index (χ3n) is 2.92. The lowest BCUT2D eigenvalue weighted by molar-refractivity contribution is -0.130. The molecular weight excluding hydrogens is 206 g/mol. The van der Waals surface area contributed by atoms with Crippen LogP contribution in [-0.2, 0) is 9.53 Å². The Labute approximate surface area is 97.4 Å². The van der Waals surface area contributed by atoms with Crippen LogP contribution >= 0.6 is 0 Å². The van der Waals surface area contributed by atoms with Gasteiger partial charge < -0.3 is 15.2 Å². The van der Waals surface area contributed by atoms with Crippen molar-refractivity contribution in [3.63, 3.8) is 0 Å². The normalized spacial score (nSPS) is 27.4. The van der Waals surface area contributed by atoms with Crippen molar-refractivity contribution in [2.75, 3.05) is 13.2 Å². The lowest BCUT2D eigenvalue weighted by atomic mass is 9.93. The average molecular weight is 229 g/mol. The minimum atomic E-state index is -0.477. The van der Waals surface area contributed by atoms with Gasteiger partial charge in [0.05, 0.1) is 12.2 Å². The molecule has 0 aromatic carbocycles. The van der Waals surface area contributed by atoms with E-state index >= 15 is 0 Å². The Morgan fingerprint density at radius 2 is 2.38 bits per heavy atom. The molecule has 2 N–H and O–H groups in total. The van der Waals surface area contributed by atoms with Crippen molar-refractivity contribution >= 4 is 5.91 Å². The maximum atomic E-state index is 11.8. The van der Waals surface area contributed by atoms with Crippen LogP contribution in [0.4, 0.5) is 0 Å². The summed E-state index contributed by atoms with van der Waals surface area (Å²) in [6.45, 7) is 4.82. The van der Waals surface area contributed by atoms with Crippen LogP contribution in [0.25, 0.3) is 0 Å². The zero-order chi connectivity index (χ0) is 12.0. The van der Waals surface area contributed by atoms with Crippen LogP contribution in [0, 0.1) is 5.92 Å². The molecule has 94 valence electrons. The molecule has 1 saturated heterocycles. The molecule has 1 fully saturated rings.